The number of nitrogens with one attached hydrogen (secondary N) is 1. The van der Waals surface area contributed by atoms with Crippen LogP contribution < -0.4 is 5.32 Å². The summed E-state index contributed by atoms with van der Waals surface area (Å²) in [6.45, 7) is 2.80. The third-order valence-corrected chi connectivity index (χ3v) is 4.63. The Morgan fingerprint density at radius 3 is 2.77 bits per heavy atom. The van der Waals surface area contributed by atoms with Crippen molar-refractivity contribution >= 4 is 27.6 Å². The van der Waals surface area contributed by atoms with Crippen LogP contribution in [0.4, 0.5) is 10.5 Å². The highest BCUT2D eigenvalue weighted by atomic mass is 79.9. The van der Waals surface area contributed by atoms with Gasteiger partial charge in [0, 0.05) is 16.7 Å². The van der Waals surface area contributed by atoms with E-state index in [1.165, 1.54) is 5.56 Å². The number of likely N-dealkylation sites (tertiary alicyclic amines) is 1. The van der Waals surface area contributed by atoms with Gasteiger partial charge in [-0.05, 0) is 43.0 Å². The largest absolute Gasteiger partial charge is 0.322 e. The molecule has 2 amide bonds. The Hall–Kier alpha value is -1.81. The molecule has 0 bridgehead atoms. The molecule has 1 aliphatic heterocycles. The molecule has 1 heterocycles. The molecule has 4 heteroatoms. The van der Waals surface area contributed by atoms with Crippen molar-refractivity contribution in [1.82, 2.24) is 4.90 Å². The first-order chi connectivity index (χ1) is 10.6. The number of halogens is 1. The number of amides is 2. The molecule has 0 aromatic heterocycles. The summed E-state index contributed by atoms with van der Waals surface area (Å²) in [5.74, 6) is 0. The van der Waals surface area contributed by atoms with Gasteiger partial charge in [0.2, 0.25) is 0 Å². The second-order valence-electron chi connectivity index (χ2n) is 5.65. The molecule has 1 unspecified atom stereocenters. The van der Waals surface area contributed by atoms with Gasteiger partial charge in [0.15, 0.2) is 0 Å². The first-order valence-corrected chi connectivity index (χ1v) is 8.33. The zero-order valence-corrected chi connectivity index (χ0v) is 14.1. The van der Waals surface area contributed by atoms with E-state index in [2.05, 4.69) is 33.4 Å². The van der Waals surface area contributed by atoms with Gasteiger partial charge in [-0.2, -0.15) is 0 Å². The lowest BCUT2D eigenvalue weighted by atomic mass is 10.1. The number of carbonyl (C=O) groups is 1. The Morgan fingerprint density at radius 2 is 2.00 bits per heavy atom. The van der Waals surface area contributed by atoms with Crippen molar-refractivity contribution < 1.29 is 4.79 Å². The van der Waals surface area contributed by atoms with Gasteiger partial charge in [0.1, 0.15) is 0 Å². The minimum Gasteiger partial charge on any atom is -0.317 e. The van der Waals surface area contributed by atoms with Gasteiger partial charge in [-0.1, -0.05) is 52.3 Å². The number of nitrogens with zero attached hydrogens (tertiary/aromatic N) is 1. The van der Waals surface area contributed by atoms with Crippen LogP contribution in [0.15, 0.2) is 53.0 Å². The van der Waals surface area contributed by atoms with Gasteiger partial charge in [-0.15, -0.1) is 0 Å². The highest BCUT2D eigenvalue weighted by molar-refractivity contribution is 9.10. The molecule has 22 heavy (non-hydrogen) atoms. The fourth-order valence-corrected chi connectivity index (χ4v) is 3.31. The van der Waals surface area contributed by atoms with Crippen molar-refractivity contribution in [2.75, 3.05) is 11.9 Å². The molecule has 3 nitrogen and oxygen atoms in total. The van der Waals surface area contributed by atoms with Crippen molar-refractivity contribution in [3.05, 3.63) is 64.1 Å². The highest BCUT2D eigenvalue weighted by Gasteiger charge is 2.29. The molecule has 0 aliphatic carbocycles. The van der Waals surface area contributed by atoms with Gasteiger partial charge < -0.3 is 10.2 Å². The van der Waals surface area contributed by atoms with Crippen molar-refractivity contribution in [2.24, 2.45) is 0 Å². The second-order valence-corrected chi connectivity index (χ2v) is 6.57. The van der Waals surface area contributed by atoms with Crippen LogP contribution in [0.2, 0.25) is 0 Å². The number of benzene rings is 2. The lowest BCUT2D eigenvalue weighted by Gasteiger charge is -2.25. The molecule has 0 radical (unpaired) electrons. The predicted molar refractivity (Wildman–Crippen MR) is 93.0 cm³/mol. The smallest absolute Gasteiger partial charge is 0.317 e. The highest BCUT2D eigenvalue weighted by Crippen LogP contribution is 2.32. The maximum Gasteiger partial charge on any atom is 0.322 e. The average Bonchev–Trinajstić information content (AvgIpc) is 3.01. The molecule has 1 aliphatic rings. The summed E-state index contributed by atoms with van der Waals surface area (Å²) in [5, 5.41) is 3.05. The second kappa shape index (κ2) is 6.53. The Kier molecular flexibility index (Phi) is 4.48. The van der Waals surface area contributed by atoms with Crippen molar-refractivity contribution in [1.29, 1.82) is 0 Å². The molecule has 2 aromatic carbocycles. The van der Waals surface area contributed by atoms with E-state index in [-0.39, 0.29) is 12.1 Å². The van der Waals surface area contributed by atoms with Gasteiger partial charge >= 0.3 is 6.03 Å². The third-order valence-electron chi connectivity index (χ3n) is 4.14. The van der Waals surface area contributed by atoms with E-state index in [4.69, 9.17) is 0 Å². The maximum absolute atomic E-state index is 12.7. The van der Waals surface area contributed by atoms with E-state index in [1.54, 1.807) is 0 Å². The van der Waals surface area contributed by atoms with E-state index in [0.717, 1.165) is 35.1 Å². The third kappa shape index (κ3) is 3.17. The average molecular weight is 359 g/mol. The van der Waals surface area contributed by atoms with Gasteiger partial charge in [0.25, 0.3) is 0 Å². The van der Waals surface area contributed by atoms with Crippen LogP contribution in [-0.4, -0.2) is 17.5 Å². The van der Waals surface area contributed by atoms with Crippen LogP contribution in [0.5, 0.6) is 0 Å². The molecule has 114 valence electrons. The number of carbonyl (C=O) groups excluding carboxylic acids is 1. The summed E-state index contributed by atoms with van der Waals surface area (Å²) >= 11 is 3.45. The van der Waals surface area contributed by atoms with Crippen molar-refractivity contribution in [3.63, 3.8) is 0 Å². The summed E-state index contributed by atoms with van der Waals surface area (Å²) in [7, 11) is 0. The number of hydrogen-bond donors (Lipinski definition) is 1. The molecular formula is C18H19BrN2O. The van der Waals surface area contributed by atoms with Gasteiger partial charge in [0.05, 0.1) is 6.04 Å². The first kappa shape index (κ1) is 15.1. The molecule has 1 atom stereocenters. The molecule has 0 spiro atoms. The number of hydrogen-bond acceptors (Lipinski definition) is 1. The monoisotopic (exact) mass is 358 g/mol. The minimum atomic E-state index is -0.0208. The molecular weight excluding hydrogens is 340 g/mol. The lowest BCUT2D eigenvalue weighted by Crippen LogP contribution is -2.34. The Bertz CT molecular complexity index is 672. The molecule has 3 rings (SSSR count). The molecule has 1 saturated heterocycles. The van der Waals surface area contributed by atoms with Crippen LogP contribution in [0, 0.1) is 6.92 Å². The molecule has 0 saturated carbocycles. The Labute approximate surface area is 139 Å². The van der Waals surface area contributed by atoms with E-state index in [0.29, 0.717) is 0 Å². The van der Waals surface area contributed by atoms with E-state index in [9.17, 15) is 4.79 Å². The molecule has 1 fully saturated rings. The van der Waals surface area contributed by atoms with Gasteiger partial charge in [-0.3, -0.25) is 0 Å². The first-order valence-electron chi connectivity index (χ1n) is 7.54. The van der Waals surface area contributed by atoms with Crippen molar-refractivity contribution in [2.45, 2.75) is 25.8 Å². The normalized spacial score (nSPS) is 17.5. The number of urea groups is 1. The van der Waals surface area contributed by atoms with E-state index < -0.39 is 0 Å². The predicted octanol–water partition coefficient (Wildman–Crippen LogP) is 5.13. The summed E-state index contributed by atoms with van der Waals surface area (Å²) < 4.78 is 0.967. The summed E-state index contributed by atoms with van der Waals surface area (Å²) in [6, 6.07) is 16.3. The lowest BCUT2D eigenvalue weighted by molar-refractivity contribution is 0.207. The van der Waals surface area contributed by atoms with Crippen LogP contribution in [0.3, 0.4) is 0 Å². The van der Waals surface area contributed by atoms with Crippen LogP contribution in [0.25, 0.3) is 0 Å². The number of rotatable bonds is 2. The zero-order chi connectivity index (χ0) is 15.5. The number of anilines is 1. The fraction of sp³-hybridized carbons (Fsp3) is 0.278. The van der Waals surface area contributed by atoms with Gasteiger partial charge in [-0.25, -0.2) is 4.79 Å². The Balaban J connectivity index is 1.78. The van der Waals surface area contributed by atoms with E-state index >= 15 is 0 Å². The summed E-state index contributed by atoms with van der Waals surface area (Å²) in [5.41, 5.74) is 3.13. The molecule has 2 aromatic rings. The maximum atomic E-state index is 12.7. The quantitative estimate of drug-likeness (QED) is 0.792. The topological polar surface area (TPSA) is 32.3 Å². The fourth-order valence-electron chi connectivity index (χ4n) is 2.95. The summed E-state index contributed by atoms with van der Waals surface area (Å²) in [6.07, 6.45) is 2.07. The summed E-state index contributed by atoms with van der Waals surface area (Å²) in [4.78, 5) is 14.6. The Morgan fingerprint density at radius 1 is 1.23 bits per heavy atom. The number of aryl methyl sites for hydroxylation is 1. The molecule has 1 N–H and O–H groups in total. The van der Waals surface area contributed by atoms with Crippen LogP contribution >= 0.6 is 15.9 Å². The zero-order valence-electron chi connectivity index (χ0n) is 12.6. The van der Waals surface area contributed by atoms with Crippen LogP contribution in [-0.2, 0) is 0 Å². The van der Waals surface area contributed by atoms with E-state index in [1.807, 2.05) is 48.2 Å². The van der Waals surface area contributed by atoms with Crippen molar-refractivity contribution in [3.8, 4) is 0 Å². The standard InChI is InChI=1S/C18H19BrN2O/c1-13-9-10-15(19)12-16(13)20-18(22)21-11-5-8-17(21)14-6-3-2-4-7-14/h2-4,6-7,9-10,12,17H,5,8,11H2,1H3,(H,20,22). The SMILES string of the molecule is Cc1ccc(Br)cc1NC(=O)N1CCCC1c1ccccc1. The van der Waals surface area contributed by atoms with Crippen LogP contribution in [0.1, 0.15) is 30.0 Å². The minimum absolute atomic E-state index is 0.0208.